The van der Waals surface area contributed by atoms with Crippen molar-refractivity contribution >= 4 is 76.0 Å². The molecule has 0 aliphatic heterocycles. The number of fused-ring (bicyclic) bond motifs is 5. The van der Waals surface area contributed by atoms with Crippen molar-refractivity contribution in [2.24, 2.45) is 0 Å². The Labute approximate surface area is 338 Å². The minimum Gasteiger partial charge on any atom is -0.147 e. The summed E-state index contributed by atoms with van der Waals surface area (Å²) in [6.07, 6.45) is 9.06. The Bertz CT molecular complexity index is 2380. The molecule has 0 saturated carbocycles. The first-order valence-corrected chi connectivity index (χ1v) is 22.1. The third-order valence-corrected chi connectivity index (χ3v) is 19.0. The monoisotopic (exact) mass is 838 g/mol. The number of hydrogen-bond acceptors (Lipinski definition) is 0. The van der Waals surface area contributed by atoms with Crippen LogP contribution in [0.3, 0.4) is 0 Å². The summed E-state index contributed by atoms with van der Waals surface area (Å²) in [5.41, 5.74) is 11.3. The van der Waals surface area contributed by atoms with Crippen LogP contribution in [0.2, 0.25) is 10.0 Å². The van der Waals surface area contributed by atoms with Crippen molar-refractivity contribution < 1.29 is 21.3 Å². The summed E-state index contributed by atoms with van der Waals surface area (Å²) in [7, 11) is 0. The molecule has 6 aromatic rings. The van der Waals surface area contributed by atoms with Crippen molar-refractivity contribution in [2.75, 3.05) is 0 Å². The first-order chi connectivity index (χ1) is 23.9. The van der Waals surface area contributed by atoms with Crippen molar-refractivity contribution in [2.45, 2.75) is 65.2 Å². The average molecular weight is 842 g/mol. The van der Waals surface area contributed by atoms with Crippen LogP contribution in [0.25, 0.3) is 32.7 Å². The molecule has 8 rings (SSSR count). The molecule has 0 amide bonds. The van der Waals surface area contributed by atoms with E-state index in [1.807, 2.05) is 12.1 Å². The molecule has 0 unspecified atom stereocenters. The molecule has 0 N–H and O–H groups in total. The van der Waals surface area contributed by atoms with Crippen LogP contribution in [0, 0.1) is 0 Å². The van der Waals surface area contributed by atoms with E-state index in [4.69, 9.17) is 23.2 Å². The Morgan fingerprint density at radius 3 is 1.71 bits per heavy atom. The molecule has 0 radical (unpaired) electrons. The summed E-state index contributed by atoms with van der Waals surface area (Å²) in [6.45, 7) is 14.2. The Morgan fingerprint density at radius 1 is 0.615 bits per heavy atom. The molecule has 264 valence electrons. The van der Waals surface area contributed by atoms with Crippen LogP contribution >= 0.6 is 48.0 Å². The third kappa shape index (κ3) is 6.76. The van der Waals surface area contributed by atoms with E-state index in [0.717, 1.165) is 33.7 Å². The Kier molecular flexibility index (Phi) is 11.1. The van der Waals surface area contributed by atoms with Gasteiger partial charge < -0.3 is 0 Å². The summed E-state index contributed by atoms with van der Waals surface area (Å²) in [5.74, 6) is 0. The van der Waals surface area contributed by atoms with E-state index in [1.54, 1.807) is 6.55 Å². The maximum absolute atomic E-state index is 6.95. The number of halogens is 4. The van der Waals surface area contributed by atoms with Gasteiger partial charge in [-0.3, -0.25) is 0 Å². The van der Waals surface area contributed by atoms with E-state index in [1.165, 1.54) is 58.5 Å². The number of benzene rings is 6. The zero-order valence-electron chi connectivity index (χ0n) is 30.5. The van der Waals surface area contributed by atoms with Gasteiger partial charge in [-0.25, -0.2) is 0 Å². The third-order valence-electron chi connectivity index (χ3n) is 10.6. The van der Waals surface area contributed by atoms with Crippen LogP contribution in [-0.4, -0.2) is 3.21 Å². The van der Waals surface area contributed by atoms with E-state index in [9.17, 15) is 0 Å². The molecule has 2 aliphatic carbocycles. The second-order valence-electron chi connectivity index (χ2n) is 15.9. The van der Waals surface area contributed by atoms with E-state index < -0.39 is 21.3 Å². The number of hydrogen-bond donors (Lipinski definition) is 0. The van der Waals surface area contributed by atoms with Crippen LogP contribution in [-0.2, 0) is 38.5 Å². The van der Waals surface area contributed by atoms with Crippen molar-refractivity contribution in [1.29, 1.82) is 0 Å². The van der Waals surface area contributed by atoms with Gasteiger partial charge in [0, 0.05) is 0 Å². The molecule has 0 saturated heterocycles. The predicted octanol–water partition coefficient (Wildman–Crippen LogP) is 13.7. The molecule has 6 aromatic carbocycles. The summed E-state index contributed by atoms with van der Waals surface area (Å²) in [6, 6.07) is 38.4. The van der Waals surface area contributed by atoms with Gasteiger partial charge in [-0.15, -0.1) is 24.8 Å². The molecule has 0 spiro atoms. The zero-order valence-corrected chi connectivity index (χ0v) is 36.1. The SMILES string of the molecule is CC(C)(C)c1ccc2c(c1)Cc1c-2ccc(C(C)(C)C)[c]1[Zr]([C]1=CC=CC1)=[C](c1cccc2c(Cl)cccc12)c1cccc2c(Cl)cccc12.Cl.Cl. The van der Waals surface area contributed by atoms with E-state index in [-0.39, 0.29) is 35.6 Å². The van der Waals surface area contributed by atoms with E-state index in [0.29, 0.717) is 0 Å². The molecule has 52 heavy (non-hydrogen) atoms. The fraction of sp³-hybridized carbons (Fsp3) is 0.213. The molecule has 0 aromatic heterocycles. The maximum Gasteiger partial charge on any atom is -0.147 e. The van der Waals surface area contributed by atoms with Gasteiger partial charge in [0.1, 0.15) is 0 Å². The molecular weight excluding hydrogens is 798 g/mol. The molecule has 2 aliphatic rings. The summed E-state index contributed by atoms with van der Waals surface area (Å²) < 4.78 is 4.73. The van der Waals surface area contributed by atoms with Gasteiger partial charge in [0.15, 0.2) is 0 Å². The fourth-order valence-corrected chi connectivity index (χ4v) is 17.7. The normalized spacial score (nSPS) is 13.3. The standard InChI is InChI=1S/C21H12Cl2.C21H25.C5H5.2ClH.Zr/c22-20-11-3-7-16-14(5-1-9-18(16)20)13-15-6-2-10-19-17(15)8-4-12-21(19)23;1-20(2,3)16-7-9-18-14(12-16)11-15-13-17(21(4,5)6)8-10-19(15)18;1-2-4-5-3-1;;;/h1-12H;7-10,12H,11H2,1-6H3;1-3H,4H2;2*1H;. The number of rotatable bonds is 4. The maximum atomic E-state index is 6.95. The minimum absolute atomic E-state index is 0. The molecule has 5 heteroatoms. The van der Waals surface area contributed by atoms with Crippen LogP contribution < -0.4 is 3.27 Å². The fourth-order valence-electron chi connectivity index (χ4n) is 8.13. The summed E-state index contributed by atoms with van der Waals surface area (Å²) in [4.78, 5) is 0. The van der Waals surface area contributed by atoms with Crippen LogP contribution in [0.4, 0.5) is 0 Å². The van der Waals surface area contributed by atoms with Gasteiger partial charge in [-0.05, 0) is 0 Å². The minimum atomic E-state index is -3.10. The van der Waals surface area contributed by atoms with Crippen molar-refractivity contribution in [3.8, 4) is 11.1 Å². The predicted molar refractivity (Wildman–Crippen MR) is 229 cm³/mol. The second kappa shape index (κ2) is 14.8. The Morgan fingerprint density at radius 2 is 1.17 bits per heavy atom. The summed E-state index contributed by atoms with van der Waals surface area (Å²) >= 11 is 10.8. The van der Waals surface area contributed by atoms with Gasteiger partial charge >= 0.3 is 317 Å². The number of allylic oxidation sites excluding steroid dienone is 4. The first kappa shape index (κ1) is 38.9. The molecule has 0 bridgehead atoms. The second-order valence-corrected chi connectivity index (χ2v) is 22.6. The van der Waals surface area contributed by atoms with Crippen molar-refractivity contribution in [1.82, 2.24) is 0 Å². The van der Waals surface area contributed by atoms with Crippen LogP contribution in [0.1, 0.15) is 81.3 Å². The quantitative estimate of drug-likeness (QED) is 0.166. The molecule has 0 heterocycles. The Hall–Kier alpha value is -2.77. The zero-order chi connectivity index (χ0) is 34.9. The topological polar surface area (TPSA) is 0 Å². The smallest absolute Gasteiger partial charge is 0.147 e. The molecular formula is C47H44Cl4Zr. The largest absolute Gasteiger partial charge is 0.147 e. The molecule has 0 nitrogen and oxygen atoms in total. The van der Waals surface area contributed by atoms with Gasteiger partial charge in [-0.1, -0.05) is 0 Å². The van der Waals surface area contributed by atoms with Crippen LogP contribution in [0.15, 0.2) is 125 Å². The first-order valence-electron chi connectivity index (χ1n) is 17.7. The van der Waals surface area contributed by atoms with Gasteiger partial charge in [-0.2, -0.15) is 0 Å². The van der Waals surface area contributed by atoms with E-state index in [2.05, 4.69) is 151 Å². The van der Waals surface area contributed by atoms with Crippen molar-refractivity contribution in [3.63, 3.8) is 0 Å². The van der Waals surface area contributed by atoms with Crippen LogP contribution in [0.5, 0.6) is 0 Å². The van der Waals surface area contributed by atoms with Crippen molar-refractivity contribution in [3.05, 3.63) is 168 Å². The van der Waals surface area contributed by atoms with E-state index >= 15 is 0 Å². The average Bonchev–Trinajstić information content (AvgIpc) is 3.75. The summed E-state index contributed by atoms with van der Waals surface area (Å²) in [5, 5.41) is 6.19. The Balaban J connectivity index is 0.00000232. The van der Waals surface area contributed by atoms with Gasteiger partial charge in [0.05, 0.1) is 0 Å². The van der Waals surface area contributed by atoms with Gasteiger partial charge in [0.25, 0.3) is 0 Å². The molecule has 0 fully saturated rings. The van der Waals surface area contributed by atoms with Gasteiger partial charge in [0.2, 0.25) is 0 Å². The molecule has 0 atom stereocenters.